The van der Waals surface area contributed by atoms with Crippen LogP contribution in [0.1, 0.15) is 56.1 Å². The Morgan fingerprint density at radius 3 is 2.09 bits per heavy atom. The molecule has 1 unspecified atom stereocenters. The molecule has 1 aromatic heterocycles. The van der Waals surface area contributed by atoms with Gasteiger partial charge in [0.05, 0.1) is 5.69 Å². The SMILES string of the molecule is CC(NC(=O)c1nc(-c2ccccc2)n(-c2ccccc2)n1)C12CC3CC(CC(C3)C1)C2. The molecule has 164 valence electrons. The van der Waals surface area contributed by atoms with E-state index in [2.05, 4.69) is 17.3 Å². The molecule has 5 heteroatoms. The number of benzene rings is 2. The number of nitrogens with zero attached hydrogens (tertiary/aromatic N) is 3. The van der Waals surface area contributed by atoms with Crippen molar-refractivity contribution < 1.29 is 4.79 Å². The van der Waals surface area contributed by atoms with E-state index in [1.165, 1.54) is 38.5 Å². The van der Waals surface area contributed by atoms with Gasteiger partial charge in [-0.15, -0.1) is 5.10 Å². The molecule has 0 saturated heterocycles. The lowest BCUT2D eigenvalue weighted by Crippen LogP contribution is -2.55. The monoisotopic (exact) mass is 426 g/mol. The number of hydrogen-bond donors (Lipinski definition) is 1. The van der Waals surface area contributed by atoms with Crippen LogP contribution < -0.4 is 5.32 Å². The van der Waals surface area contributed by atoms with Gasteiger partial charge in [-0.05, 0) is 80.8 Å². The van der Waals surface area contributed by atoms with Crippen molar-refractivity contribution in [2.75, 3.05) is 0 Å². The van der Waals surface area contributed by atoms with Crippen molar-refractivity contribution in [3.8, 4) is 17.1 Å². The van der Waals surface area contributed by atoms with Crippen LogP contribution in [0.3, 0.4) is 0 Å². The second kappa shape index (κ2) is 7.58. The van der Waals surface area contributed by atoms with Gasteiger partial charge in [-0.1, -0.05) is 48.5 Å². The minimum Gasteiger partial charge on any atom is -0.346 e. The van der Waals surface area contributed by atoms with Crippen molar-refractivity contribution in [1.29, 1.82) is 0 Å². The third kappa shape index (κ3) is 3.35. The Morgan fingerprint density at radius 2 is 1.50 bits per heavy atom. The first kappa shape index (κ1) is 19.7. The van der Waals surface area contributed by atoms with Crippen LogP contribution in [0.4, 0.5) is 0 Å². The van der Waals surface area contributed by atoms with E-state index in [1.807, 2.05) is 60.7 Å². The molecule has 5 nitrogen and oxygen atoms in total. The Balaban J connectivity index is 1.29. The molecule has 1 amide bonds. The van der Waals surface area contributed by atoms with Crippen molar-refractivity contribution >= 4 is 5.91 Å². The predicted molar refractivity (Wildman–Crippen MR) is 124 cm³/mol. The van der Waals surface area contributed by atoms with Gasteiger partial charge in [-0.2, -0.15) is 0 Å². The number of carbonyl (C=O) groups is 1. The fourth-order valence-electron chi connectivity index (χ4n) is 7.05. The molecule has 3 aromatic rings. The molecule has 32 heavy (non-hydrogen) atoms. The maximum Gasteiger partial charge on any atom is 0.291 e. The molecule has 1 atom stereocenters. The van der Waals surface area contributed by atoms with Crippen LogP contribution in [0.2, 0.25) is 0 Å². The van der Waals surface area contributed by atoms with Crippen molar-refractivity contribution in [3.63, 3.8) is 0 Å². The lowest BCUT2D eigenvalue weighted by atomic mass is 9.48. The van der Waals surface area contributed by atoms with E-state index in [4.69, 9.17) is 4.98 Å². The summed E-state index contributed by atoms with van der Waals surface area (Å²) in [7, 11) is 0. The Morgan fingerprint density at radius 1 is 0.938 bits per heavy atom. The number of para-hydroxylation sites is 1. The Bertz CT molecular complexity index is 1030. The zero-order valence-corrected chi connectivity index (χ0v) is 18.6. The molecule has 4 saturated carbocycles. The van der Waals surface area contributed by atoms with Crippen LogP contribution in [0, 0.1) is 23.2 Å². The van der Waals surface area contributed by atoms with Gasteiger partial charge in [0.15, 0.2) is 5.82 Å². The zero-order valence-electron chi connectivity index (χ0n) is 18.6. The molecule has 1 N–H and O–H groups in total. The summed E-state index contributed by atoms with van der Waals surface area (Å²) in [6.45, 7) is 2.21. The molecule has 2 aromatic carbocycles. The van der Waals surface area contributed by atoms with Crippen molar-refractivity contribution in [3.05, 3.63) is 66.5 Å². The number of hydrogen-bond acceptors (Lipinski definition) is 3. The van der Waals surface area contributed by atoms with Crippen molar-refractivity contribution in [1.82, 2.24) is 20.1 Å². The first-order chi connectivity index (χ1) is 15.6. The van der Waals surface area contributed by atoms with Gasteiger partial charge in [0.1, 0.15) is 0 Å². The molecular weight excluding hydrogens is 396 g/mol. The first-order valence-electron chi connectivity index (χ1n) is 12.0. The topological polar surface area (TPSA) is 59.8 Å². The van der Waals surface area contributed by atoms with Crippen LogP contribution >= 0.6 is 0 Å². The van der Waals surface area contributed by atoms with Gasteiger partial charge >= 0.3 is 0 Å². The maximum atomic E-state index is 13.3. The molecule has 4 aliphatic carbocycles. The lowest BCUT2D eigenvalue weighted by Gasteiger charge is -2.59. The van der Waals surface area contributed by atoms with Crippen LogP contribution in [0.15, 0.2) is 60.7 Å². The Hall–Kier alpha value is -2.95. The highest BCUT2D eigenvalue weighted by molar-refractivity contribution is 5.91. The third-order valence-electron chi connectivity index (χ3n) is 8.19. The second-order valence-electron chi connectivity index (χ2n) is 10.3. The number of aromatic nitrogens is 3. The highest BCUT2D eigenvalue weighted by Crippen LogP contribution is 2.61. The summed E-state index contributed by atoms with van der Waals surface area (Å²) in [5.41, 5.74) is 2.10. The summed E-state index contributed by atoms with van der Waals surface area (Å²) in [6, 6.07) is 20.0. The standard InChI is InChI=1S/C27H30N4O/c1-18(27-15-19-12-20(16-27)14-21(13-19)17-27)28-26(32)24-29-25(22-8-4-2-5-9-22)31(30-24)23-10-6-3-7-11-23/h2-11,18-21H,12-17H2,1H3,(H,28,32). The van der Waals surface area contributed by atoms with Crippen molar-refractivity contribution in [2.45, 2.75) is 51.5 Å². The van der Waals surface area contributed by atoms with Crippen LogP contribution in [-0.2, 0) is 0 Å². The molecule has 0 aliphatic heterocycles. The molecule has 0 radical (unpaired) electrons. The quantitative estimate of drug-likeness (QED) is 0.605. The average molecular weight is 427 g/mol. The van der Waals surface area contributed by atoms with E-state index in [9.17, 15) is 4.79 Å². The van der Waals surface area contributed by atoms with Crippen LogP contribution in [0.5, 0.6) is 0 Å². The molecule has 4 aliphatic rings. The van der Waals surface area contributed by atoms with Gasteiger partial charge in [-0.25, -0.2) is 9.67 Å². The molecule has 1 heterocycles. The highest BCUT2D eigenvalue weighted by atomic mass is 16.2. The minimum atomic E-state index is -0.167. The summed E-state index contributed by atoms with van der Waals surface area (Å²) >= 11 is 0. The summed E-state index contributed by atoms with van der Waals surface area (Å²) in [5.74, 6) is 3.34. The number of amides is 1. The second-order valence-corrected chi connectivity index (χ2v) is 10.3. The van der Waals surface area contributed by atoms with E-state index < -0.39 is 0 Å². The maximum absolute atomic E-state index is 13.3. The van der Waals surface area contributed by atoms with E-state index in [0.29, 0.717) is 5.82 Å². The molecule has 0 spiro atoms. The van der Waals surface area contributed by atoms with Gasteiger partial charge < -0.3 is 5.32 Å². The first-order valence-corrected chi connectivity index (χ1v) is 12.0. The lowest BCUT2D eigenvalue weighted by molar-refractivity contribution is -0.0688. The number of nitrogens with one attached hydrogen (secondary N) is 1. The van der Waals surface area contributed by atoms with E-state index in [1.54, 1.807) is 4.68 Å². The molecule has 4 fully saturated rings. The van der Waals surface area contributed by atoms with Gasteiger partial charge in [0.2, 0.25) is 5.82 Å². The zero-order chi connectivity index (χ0) is 21.7. The van der Waals surface area contributed by atoms with Crippen LogP contribution in [0.25, 0.3) is 17.1 Å². The predicted octanol–water partition coefficient (Wildman–Crippen LogP) is 5.27. The number of carbonyl (C=O) groups excluding carboxylic acids is 1. The van der Waals surface area contributed by atoms with Crippen molar-refractivity contribution in [2.24, 2.45) is 23.2 Å². The van der Waals surface area contributed by atoms with E-state index in [-0.39, 0.29) is 23.2 Å². The third-order valence-corrected chi connectivity index (χ3v) is 8.19. The molecular formula is C27H30N4O. The fourth-order valence-corrected chi connectivity index (χ4v) is 7.05. The van der Waals surface area contributed by atoms with E-state index >= 15 is 0 Å². The molecule has 7 rings (SSSR count). The molecule has 4 bridgehead atoms. The summed E-state index contributed by atoms with van der Waals surface area (Å²) in [5, 5.41) is 7.97. The minimum absolute atomic E-state index is 0.146. The van der Waals surface area contributed by atoms with Gasteiger partial charge in [0, 0.05) is 11.6 Å². The summed E-state index contributed by atoms with van der Waals surface area (Å²) in [4.78, 5) is 18.0. The number of rotatable bonds is 5. The highest BCUT2D eigenvalue weighted by Gasteiger charge is 2.53. The fraction of sp³-hybridized carbons (Fsp3) is 0.444. The van der Waals surface area contributed by atoms with Crippen LogP contribution in [-0.4, -0.2) is 26.7 Å². The van der Waals surface area contributed by atoms with Gasteiger partial charge in [-0.3, -0.25) is 4.79 Å². The van der Waals surface area contributed by atoms with E-state index in [0.717, 1.165) is 29.0 Å². The Kier molecular flexibility index (Phi) is 4.67. The Labute approximate surface area is 189 Å². The van der Waals surface area contributed by atoms with Gasteiger partial charge in [0.25, 0.3) is 5.91 Å². The normalized spacial score (nSPS) is 29.1. The average Bonchev–Trinajstić information content (AvgIpc) is 3.25. The smallest absolute Gasteiger partial charge is 0.291 e. The largest absolute Gasteiger partial charge is 0.346 e. The summed E-state index contributed by atoms with van der Waals surface area (Å²) in [6.07, 6.45) is 8.01. The summed E-state index contributed by atoms with van der Waals surface area (Å²) < 4.78 is 1.78.